The first kappa shape index (κ1) is 16.6. The number of hydrogen-bond donors (Lipinski definition) is 2. The summed E-state index contributed by atoms with van der Waals surface area (Å²) in [4.78, 5) is 11.9. The van der Waals surface area contributed by atoms with Gasteiger partial charge in [0.05, 0.1) is 16.9 Å². The van der Waals surface area contributed by atoms with Crippen molar-refractivity contribution in [3.63, 3.8) is 0 Å². The number of carbonyl (C=O) groups is 1. The second-order valence-electron chi connectivity index (χ2n) is 4.26. The number of nitrogens with zero attached hydrogens (tertiary/aromatic N) is 1. The zero-order valence-electron chi connectivity index (χ0n) is 11.5. The molecule has 7 heteroatoms. The summed E-state index contributed by atoms with van der Waals surface area (Å²) < 4.78 is 5.69. The van der Waals surface area contributed by atoms with Crippen LogP contribution in [-0.4, -0.2) is 24.3 Å². The van der Waals surface area contributed by atoms with E-state index in [1.165, 1.54) is 13.3 Å². The van der Waals surface area contributed by atoms with Crippen LogP contribution in [0.4, 0.5) is 0 Å². The minimum Gasteiger partial charge on any atom is -0.504 e. The Morgan fingerprint density at radius 2 is 2.05 bits per heavy atom. The van der Waals surface area contributed by atoms with Crippen molar-refractivity contribution in [2.45, 2.75) is 0 Å². The van der Waals surface area contributed by atoms with Gasteiger partial charge in [-0.25, -0.2) is 5.43 Å². The number of halogens is 2. The molecule has 2 rings (SSSR count). The number of hydrogen-bond acceptors (Lipinski definition) is 4. The maximum absolute atomic E-state index is 11.9. The summed E-state index contributed by atoms with van der Waals surface area (Å²) in [5, 5.41) is 14.2. The van der Waals surface area contributed by atoms with Crippen LogP contribution < -0.4 is 10.2 Å². The van der Waals surface area contributed by atoms with E-state index in [1.54, 1.807) is 36.4 Å². The van der Waals surface area contributed by atoms with Gasteiger partial charge < -0.3 is 9.84 Å². The number of methoxy groups -OCH3 is 1. The lowest BCUT2D eigenvalue weighted by Gasteiger charge is -2.06. The standard InChI is InChI=1S/C15H12ClIN2O3/c1-22-13-7-9(6-12(17)14(13)20)8-18-19-15(21)10-2-4-11(16)5-3-10/h2-8,20H,1H3,(H,19,21)/b18-8+. The van der Waals surface area contributed by atoms with Crippen molar-refractivity contribution in [1.82, 2.24) is 5.43 Å². The molecule has 1 amide bonds. The number of carbonyl (C=O) groups excluding carboxylic acids is 1. The van der Waals surface area contributed by atoms with Crippen molar-refractivity contribution in [2.75, 3.05) is 7.11 Å². The average Bonchev–Trinajstić information content (AvgIpc) is 2.51. The number of rotatable bonds is 4. The predicted octanol–water partition coefficient (Wildman–Crippen LogP) is 3.42. The molecule has 0 bridgehead atoms. The third-order valence-electron chi connectivity index (χ3n) is 2.76. The minimum absolute atomic E-state index is 0.0745. The highest BCUT2D eigenvalue weighted by atomic mass is 127. The molecule has 0 heterocycles. The summed E-state index contributed by atoms with van der Waals surface area (Å²) in [6, 6.07) is 9.83. The van der Waals surface area contributed by atoms with Crippen LogP contribution in [0, 0.1) is 3.57 Å². The third-order valence-corrected chi connectivity index (χ3v) is 3.83. The Morgan fingerprint density at radius 1 is 1.36 bits per heavy atom. The molecular formula is C15H12ClIN2O3. The summed E-state index contributed by atoms with van der Waals surface area (Å²) in [6.45, 7) is 0. The molecule has 2 N–H and O–H groups in total. The Bertz CT molecular complexity index is 717. The Balaban J connectivity index is 2.08. The number of ether oxygens (including phenoxy) is 1. The van der Waals surface area contributed by atoms with E-state index in [4.69, 9.17) is 16.3 Å². The maximum atomic E-state index is 11.9. The van der Waals surface area contributed by atoms with Crippen molar-refractivity contribution in [1.29, 1.82) is 0 Å². The fourth-order valence-electron chi connectivity index (χ4n) is 1.66. The quantitative estimate of drug-likeness (QED) is 0.444. The Kier molecular flexibility index (Phi) is 5.62. The summed E-state index contributed by atoms with van der Waals surface area (Å²) in [6.07, 6.45) is 1.47. The molecule has 5 nitrogen and oxygen atoms in total. The number of nitrogens with one attached hydrogen (secondary N) is 1. The Labute approximate surface area is 146 Å². The van der Waals surface area contributed by atoms with Crippen LogP contribution in [-0.2, 0) is 0 Å². The van der Waals surface area contributed by atoms with Gasteiger partial charge in [0.2, 0.25) is 0 Å². The lowest BCUT2D eigenvalue weighted by molar-refractivity contribution is 0.0955. The van der Waals surface area contributed by atoms with E-state index in [2.05, 4.69) is 10.5 Å². The molecule has 0 unspecified atom stereocenters. The van der Waals surface area contributed by atoms with E-state index in [0.717, 1.165) is 0 Å². The zero-order chi connectivity index (χ0) is 16.1. The van der Waals surface area contributed by atoms with Crippen LogP contribution in [0.5, 0.6) is 11.5 Å². The van der Waals surface area contributed by atoms with Crippen LogP contribution in [0.1, 0.15) is 15.9 Å². The van der Waals surface area contributed by atoms with Gasteiger partial charge in [0.25, 0.3) is 5.91 Å². The van der Waals surface area contributed by atoms with Crippen molar-refractivity contribution >= 4 is 46.3 Å². The first-order valence-corrected chi connectivity index (χ1v) is 7.62. The van der Waals surface area contributed by atoms with E-state index in [0.29, 0.717) is 25.5 Å². The van der Waals surface area contributed by atoms with E-state index in [1.807, 2.05) is 22.6 Å². The summed E-state index contributed by atoms with van der Waals surface area (Å²) in [5.41, 5.74) is 3.57. The molecule has 0 aliphatic heterocycles. The van der Waals surface area contributed by atoms with E-state index < -0.39 is 0 Å². The van der Waals surface area contributed by atoms with Gasteiger partial charge in [0.1, 0.15) is 0 Å². The van der Waals surface area contributed by atoms with Crippen LogP contribution in [0.2, 0.25) is 5.02 Å². The predicted molar refractivity (Wildman–Crippen MR) is 93.9 cm³/mol. The van der Waals surface area contributed by atoms with Crippen molar-refractivity contribution in [3.05, 3.63) is 56.1 Å². The lowest BCUT2D eigenvalue weighted by Crippen LogP contribution is -2.17. The van der Waals surface area contributed by atoms with Gasteiger partial charge in [-0.05, 0) is 64.6 Å². The minimum atomic E-state index is -0.339. The molecule has 0 aliphatic rings. The Hall–Kier alpha value is -1.80. The van der Waals surface area contributed by atoms with Gasteiger partial charge in [0.15, 0.2) is 11.5 Å². The summed E-state index contributed by atoms with van der Waals surface area (Å²) in [5.74, 6) is 0.0798. The van der Waals surface area contributed by atoms with E-state index in [-0.39, 0.29) is 11.7 Å². The van der Waals surface area contributed by atoms with Crippen molar-refractivity contribution < 1.29 is 14.6 Å². The molecule has 2 aromatic rings. The fourth-order valence-corrected chi connectivity index (χ4v) is 2.41. The van der Waals surface area contributed by atoms with Gasteiger partial charge in [-0.2, -0.15) is 5.10 Å². The number of phenols is 1. The summed E-state index contributed by atoms with van der Waals surface area (Å²) >= 11 is 7.75. The third kappa shape index (κ3) is 4.11. The van der Waals surface area contributed by atoms with Gasteiger partial charge in [0, 0.05) is 10.6 Å². The van der Waals surface area contributed by atoms with Crippen molar-refractivity contribution in [2.24, 2.45) is 5.10 Å². The van der Waals surface area contributed by atoms with E-state index >= 15 is 0 Å². The maximum Gasteiger partial charge on any atom is 0.271 e. The topological polar surface area (TPSA) is 70.9 Å². The number of benzene rings is 2. The first-order chi connectivity index (χ1) is 10.5. The molecule has 0 radical (unpaired) electrons. The number of phenolic OH excluding ortho intramolecular Hbond substituents is 1. The van der Waals surface area contributed by atoms with E-state index in [9.17, 15) is 9.90 Å². The molecule has 0 aromatic heterocycles. The highest BCUT2D eigenvalue weighted by molar-refractivity contribution is 14.1. The summed E-state index contributed by atoms with van der Waals surface area (Å²) in [7, 11) is 1.47. The highest BCUT2D eigenvalue weighted by Gasteiger charge is 2.08. The number of aromatic hydroxyl groups is 1. The molecule has 0 fully saturated rings. The van der Waals surface area contributed by atoms with Gasteiger partial charge in [-0.1, -0.05) is 11.6 Å². The lowest BCUT2D eigenvalue weighted by atomic mass is 10.2. The van der Waals surface area contributed by atoms with Crippen LogP contribution >= 0.6 is 34.2 Å². The second-order valence-corrected chi connectivity index (χ2v) is 5.86. The van der Waals surface area contributed by atoms with Crippen LogP contribution in [0.25, 0.3) is 0 Å². The molecule has 0 saturated heterocycles. The van der Waals surface area contributed by atoms with Gasteiger partial charge in [-0.3, -0.25) is 4.79 Å². The van der Waals surface area contributed by atoms with Gasteiger partial charge >= 0.3 is 0 Å². The average molecular weight is 431 g/mol. The molecule has 114 valence electrons. The SMILES string of the molecule is COc1cc(/C=N/NC(=O)c2ccc(Cl)cc2)cc(I)c1O. The molecule has 0 aliphatic carbocycles. The monoisotopic (exact) mass is 430 g/mol. The normalized spacial score (nSPS) is 10.7. The molecule has 22 heavy (non-hydrogen) atoms. The number of hydrazone groups is 1. The molecule has 0 saturated carbocycles. The highest BCUT2D eigenvalue weighted by Crippen LogP contribution is 2.31. The van der Waals surface area contributed by atoms with Crippen molar-refractivity contribution in [3.8, 4) is 11.5 Å². The molecule has 2 aromatic carbocycles. The molecule has 0 spiro atoms. The molecule has 0 atom stereocenters. The second kappa shape index (κ2) is 7.46. The number of amides is 1. The first-order valence-electron chi connectivity index (χ1n) is 6.16. The smallest absolute Gasteiger partial charge is 0.271 e. The molecular weight excluding hydrogens is 419 g/mol. The van der Waals surface area contributed by atoms with Crippen LogP contribution in [0.3, 0.4) is 0 Å². The zero-order valence-corrected chi connectivity index (χ0v) is 14.4. The van der Waals surface area contributed by atoms with Gasteiger partial charge in [-0.15, -0.1) is 0 Å². The fraction of sp³-hybridized carbons (Fsp3) is 0.0667. The largest absolute Gasteiger partial charge is 0.504 e. The van der Waals surface area contributed by atoms with Crippen LogP contribution in [0.15, 0.2) is 41.5 Å². The Morgan fingerprint density at radius 3 is 2.68 bits per heavy atom.